The third kappa shape index (κ3) is 6.28. The quantitative estimate of drug-likeness (QED) is 0.590. The fourth-order valence-corrected chi connectivity index (χ4v) is 1.78. The van der Waals surface area contributed by atoms with Gasteiger partial charge in [0.05, 0.1) is 0 Å². The lowest BCUT2D eigenvalue weighted by Crippen LogP contribution is -1.96. The molecule has 0 spiro atoms. The third-order valence-electron chi connectivity index (χ3n) is 3.35. The van der Waals surface area contributed by atoms with E-state index in [0.29, 0.717) is 6.61 Å². The maximum Gasteiger partial charge on any atom is 0.122 e. The Morgan fingerprint density at radius 1 is 1.11 bits per heavy atom. The topological polar surface area (TPSA) is 9.23 Å². The molecule has 0 aliphatic rings. The Balaban J connectivity index is 2.34. The molecule has 19 heavy (non-hydrogen) atoms. The largest absolute Gasteiger partial charge is 0.489 e. The number of para-hydroxylation sites is 1. The highest BCUT2D eigenvalue weighted by molar-refractivity contribution is 5.31. The van der Waals surface area contributed by atoms with Gasteiger partial charge in [-0.3, -0.25) is 0 Å². The van der Waals surface area contributed by atoms with Crippen LogP contribution in [0.4, 0.5) is 0 Å². The van der Waals surface area contributed by atoms with E-state index in [9.17, 15) is 0 Å². The zero-order chi connectivity index (χ0) is 14.1. The Morgan fingerprint density at radius 2 is 1.84 bits per heavy atom. The number of ether oxygens (including phenoxy) is 1. The first-order valence-corrected chi connectivity index (χ1v) is 7.13. The molecule has 1 nitrogen and oxygen atoms in total. The number of allylic oxidation sites excluding steroid dienone is 3. The van der Waals surface area contributed by atoms with Crippen LogP contribution in [0, 0.1) is 6.92 Å². The predicted octanol–water partition coefficient (Wildman–Crippen LogP) is 5.46. The van der Waals surface area contributed by atoms with Gasteiger partial charge < -0.3 is 4.74 Å². The molecular weight excluding hydrogens is 232 g/mol. The summed E-state index contributed by atoms with van der Waals surface area (Å²) >= 11 is 0. The van der Waals surface area contributed by atoms with Crippen molar-refractivity contribution >= 4 is 0 Å². The molecule has 1 heteroatoms. The molecule has 0 radical (unpaired) electrons. The molecule has 0 saturated heterocycles. The first kappa shape index (κ1) is 15.6. The van der Waals surface area contributed by atoms with Crippen molar-refractivity contribution in [1.82, 2.24) is 0 Å². The summed E-state index contributed by atoms with van der Waals surface area (Å²) < 4.78 is 5.76. The van der Waals surface area contributed by atoms with Gasteiger partial charge in [-0.1, -0.05) is 42.3 Å². The summed E-state index contributed by atoms with van der Waals surface area (Å²) in [5.74, 6) is 0.980. The number of aryl methyl sites for hydroxylation is 1. The van der Waals surface area contributed by atoms with Crippen molar-refractivity contribution in [2.45, 2.75) is 47.0 Å². The van der Waals surface area contributed by atoms with Crippen LogP contribution >= 0.6 is 0 Å². The molecule has 0 unspecified atom stereocenters. The minimum Gasteiger partial charge on any atom is -0.489 e. The average Bonchev–Trinajstić information content (AvgIpc) is 2.40. The predicted molar refractivity (Wildman–Crippen MR) is 83.7 cm³/mol. The molecule has 0 aliphatic heterocycles. The molecule has 1 aromatic rings. The van der Waals surface area contributed by atoms with Crippen molar-refractivity contribution in [3.05, 3.63) is 53.1 Å². The Labute approximate surface area is 118 Å². The van der Waals surface area contributed by atoms with E-state index in [1.165, 1.54) is 16.7 Å². The van der Waals surface area contributed by atoms with Gasteiger partial charge in [0.2, 0.25) is 0 Å². The van der Waals surface area contributed by atoms with E-state index in [4.69, 9.17) is 4.74 Å². The molecule has 1 rings (SSSR count). The van der Waals surface area contributed by atoms with Gasteiger partial charge in [0.25, 0.3) is 0 Å². The van der Waals surface area contributed by atoms with Crippen LogP contribution in [0.5, 0.6) is 5.75 Å². The number of hydrogen-bond acceptors (Lipinski definition) is 1. The zero-order valence-corrected chi connectivity index (χ0v) is 12.7. The number of benzene rings is 1. The van der Waals surface area contributed by atoms with E-state index >= 15 is 0 Å². The maximum atomic E-state index is 5.76. The minimum absolute atomic E-state index is 0.660. The monoisotopic (exact) mass is 258 g/mol. The van der Waals surface area contributed by atoms with Crippen LogP contribution < -0.4 is 4.74 Å². The van der Waals surface area contributed by atoms with Gasteiger partial charge in [-0.2, -0.15) is 0 Å². The molecule has 0 fully saturated rings. The molecule has 0 aliphatic carbocycles. The molecule has 0 saturated carbocycles. The molecule has 0 N–H and O–H groups in total. The molecule has 0 atom stereocenters. The van der Waals surface area contributed by atoms with Crippen LogP contribution in [0.25, 0.3) is 0 Å². The van der Waals surface area contributed by atoms with Crippen molar-refractivity contribution in [2.24, 2.45) is 0 Å². The Bertz CT molecular complexity index is 441. The van der Waals surface area contributed by atoms with Crippen molar-refractivity contribution in [3.8, 4) is 5.75 Å². The van der Waals surface area contributed by atoms with Gasteiger partial charge in [-0.05, 0) is 57.7 Å². The fourth-order valence-electron chi connectivity index (χ4n) is 1.78. The first-order chi connectivity index (χ1) is 9.13. The summed E-state index contributed by atoms with van der Waals surface area (Å²) in [7, 11) is 0. The molecular formula is C18H26O. The van der Waals surface area contributed by atoms with Crippen molar-refractivity contribution in [3.63, 3.8) is 0 Å². The van der Waals surface area contributed by atoms with Crippen molar-refractivity contribution in [2.75, 3.05) is 6.61 Å². The standard InChI is InChI=1S/C18H26O/c1-5-15(2)9-8-10-16(3)13-14-19-18-12-7-6-11-17(18)4/h6-7,9,11-13H,5,8,10,14H2,1-4H3. The first-order valence-electron chi connectivity index (χ1n) is 7.13. The van der Waals surface area contributed by atoms with Crippen LogP contribution in [0.1, 0.15) is 45.6 Å². The Hall–Kier alpha value is -1.50. The number of hydrogen-bond donors (Lipinski definition) is 0. The lowest BCUT2D eigenvalue weighted by Gasteiger charge is -2.07. The highest BCUT2D eigenvalue weighted by Gasteiger charge is 1.96. The van der Waals surface area contributed by atoms with Crippen LogP contribution in [-0.2, 0) is 0 Å². The smallest absolute Gasteiger partial charge is 0.122 e. The fraction of sp³-hybridized carbons (Fsp3) is 0.444. The molecule has 0 heterocycles. The molecule has 1 aromatic carbocycles. The van der Waals surface area contributed by atoms with Crippen LogP contribution in [0.2, 0.25) is 0 Å². The van der Waals surface area contributed by atoms with Crippen molar-refractivity contribution < 1.29 is 4.74 Å². The SMILES string of the molecule is CCC(C)=CCCC(C)=CCOc1ccccc1C. The summed E-state index contributed by atoms with van der Waals surface area (Å²) in [6.45, 7) is 9.30. The highest BCUT2D eigenvalue weighted by Crippen LogP contribution is 2.16. The van der Waals surface area contributed by atoms with Gasteiger partial charge in [0, 0.05) is 0 Å². The van der Waals surface area contributed by atoms with Gasteiger partial charge in [-0.25, -0.2) is 0 Å². The lowest BCUT2D eigenvalue weighted by molar-refractivity contribution is 0.359. The minimum atomic E-state index is 0.660. The Morgan fingerprint density at radius 3 is 2.53 bits per heavy atom. The van der Waals surface area contributed by atoms with Crippen LogP contribution in [0.3, 0.4) is 0 Å². The second kappa shape index (κ2) is 8.58. The maximum absolute atomic E-state index is 5.76. The third-order valence-corrected chi connectivity index (χ3v) is 3.35. The summed E-state index contributed by atoms with van der Waals surface area (Å²) in [6, 6.07) is 8.14. The van der Waals surface area contributed by atoms with E-state index in [1.807, 2.05) is 18.2 Å². The van der Waals surface area contributed by atoms with Gasteiger partial charge in [0.15, 0.2) is 0 Å². The van der Waals surface area contributed by atoms with Crippen molar-refractivity contribution in [1.29, 1.82) is 0 Å². The molecule has 0 bridgehead atoms. The lowest BCUT2D eigenvalue weighted by atomic mass is 10.1. The Kier molecular flexibility index (Phi) is 7.02. The summed E-state index contributed by atoms with van der Waals surface area (Å²) in [5, 5.41) is 0. The summed E-state index contributed by atoms with van der Waals surface area (Å²) in [4.78, 5) is 0. The number of rotatable bonds is 7. The van der Waals surface area contributed by atoms with E-state index in [2.05, 4.69) is 45.9 Å². The van der Waals surface area contributed by atoms with Gasteiger partial charge >= 0.3 is 0 Å². The second-order valence-corrected chi connectivity index (χ2v) is 5.07. The van der Waals surface area contributed by atoms with E-state index in [1.54, 1.807) is 0 Å². The normalized spacial score (nSPS) is 12.6. The van der Waals surface area contributed by atoms with Gasteiger partial charge in [-0.15, -0.1) is 0 Å². The summed E-state index contributed by atoms with van der Waals surface area (Å²) in [6.07, 6.45) is 7.92. The zero-order valence-electron chi connectivity index (χ0n) is 12.7. The summed E-state index contributed by atoms with van der Waals surface area (Å²) in [5.41, 5.74) is 4.06. The van der Waals surface area contributed by atoms with Gasteiger partial charge in [0.1, 0.15) is 12.4 Å². The highest BCUT2D eigenvalue weighted by atomic mass is 16.5. The molecule has 104 valence electrons. The molecule has 0 aromatic heterocycles. The van der Waals surface area contributed by atoms with E-state index in [0.717, 1.165) is 25.0 Å². The van der Waals surface area contributed by atoms with E-state index in [-0.39, 0.29) is 0 Å². The molecule has 0 amide bonds. The van der Waals surface area contributed by atoms with Crippen LogP contribution in [0.15, 0.2) is 47.6 Å². The van der Waals surface area contributed by atoms with Crippen LogP contribution in [-0.4, -0.2) is 6.61 Å². The average molecular weight is 258 g/mol. The van der Waals surface area contributed by atoms with E-state index < -0.39 is 0 Å². The second-order valence-electron chi connectivity index (χ2n) is 5.07.